The second-order valence-electron chi connectivity index (χ2n) is 13.0. The van der Waals surface area contributed by atoms with E-state index in [-0.39, 0.29) is 0 Å². The van der Waals surface area contributed by atoms with Gasteiger partial charge in [-0.2, -0.15) is 0 Å². The van der Waals surface area contributed by atoms with Crippen LogP contribution in [0.5, 0.6) is 0 Å². The molecule has 0 aliphatic rings. The number of hydrogen-bond acceptors (Lipinski definition) is 1. The molecule has 10 rings (SSSR count). The van der Waals surface area contributed by atoms with E-state index in [1.807, 2.05) is 0 Å². The molecule has 0 aliphatic carbocycles. The van der Waals surface area contributed by atoms with Gasteiger partial charge in [-0.1, -0.05) is 146 Å². The number of hydrogen-bond donors (Lipinski definition) is 0. The summed E-state index contributed by atoms with van der Waals surface area (Å²) in [6.45, 7) is 0. The first-order chi connectivity index (χ1) is 24.8. The van der Waals surface area contributed by atoms with Crippen molar-refractivity contribution in [1.82, 2.24) is 4.57 Å². The Morgan fingerprint density at radius 3 is 1.68 bits per heavy atom. The van der Waals surface area contributed by atoms with E-state index in [0.717, 1.165) is 22.7 Å². The maximum atomic E-state index is 2.45. The maximum Gasteiger partial charge on any atom is 0.0568 e. The summed E-state index contributed by atoms with van der Waals surface area (Å²) in [5.41, 5.74) is 9.31. The lowest BCUT2D eigenvalue weighted by Gasteiger charge is -2.28. The normalized spacial score (nSPS) is 11.6. The highest BCUT2D eigenvalue weighted by molar-refractivity contribution is 6.30. The molecule has 0 spiro atoms. The van der Waals surface area contributed by atoms with Gasteiger partial charge in [0.05, 0.1) is 16.7 Å². The molecule has 50 heavy (non-hydrogen) atoms. The average molecular weight is 637 g/mol. The van der Waals surface area contributed by atoms with E-state index in [4.69, 9.17) is 0 Å². The second kappa shape index (κ2) is 11.5. The van der Waals surface area contributed by atoms with Crippen LogP contribution in [0.25, 0.3) is 70.9 Å². The third-order valence-electron chi connectivity index (χ3n) is 10.1. The van der Waals surface area contributed by atoms with E-state index in [1.165, 1.54) is 65.3 Å². The molecule has 10 aromatic rings. The fraction of sp³-hybridized carbons (Fsp3) is 0. The van der Waals surface area contributed by atoms with Crippen molar-refractivity contribution >= 4 is 71.2 Å². The zero-order valence-corrected chi connectivity index (χ0v) is 27.4. The van der Waals surface area contributed by atoms with E-state index in [0.29, 0.717) is 0 Å². The molecular weight excluding hydrogens is 605 g/mol. The smallest absolute Gasteiger partial charge is 0.0568 e. The minimum Gasteiger partial charge on any atom is -0.310 e. The van der Waals surface area contributed by atoms with Crippen LogP contribution in [0.3, 0.4) is 0 Å². The number of aromatic nitrogens is 1. The minimum absolute atomic E-state index is 1.11. The summed E-state index contributed by atoms with van der Waals surface area (Å²) in [5.74, 6) is 0. The van der Waals surface area contributed by atoms with Crippen molar-refractivity contribution in [2.45, 2.75) is 0 Å². The zero-order chi connectivity index (χ0) is 33.0. The predicted molar refractivity (Wildman–Crippen MR) is 213 cm³/mol. The van der Waals surface area contributed by atoms with Crippen LogP contribution in [-0.4, -0.2) is 4.57 Å². The van der Waals surface area contributed by atoms with Gasteiger partial charge in [-0.25, -0.2) is 0 Å². The van der Waals surface area contributed by atoms with Crippen molar-refractivity contribution < 1.29 is 0 Å². The average Bonchev–Trinajstić information content (AvgIpc) is 3.54. The highest BCUT2D eigenvalue weighted by atomic mass is 15.1. The van der Waals surface area contributed by atoms with Crippen LogP contribution in [0.2, 0.25) is 0 Å². The lowest BCUT2D eigenvalue weighted by molar-refractivity contribution is 1.18. The number of benzene rings is 9. The van der Waals surface area contributed by atoms with Crippen molar-refractivity contribution in [3.63, 3.8) is 0 Å². The van der Waals surface area contributed by atoms with Gasteiger partial charge in [-0.3, -0.25) is 0 Å². The fourth-order valence-electron chi connectivity index (χ4n) is 7.84. The van der Waals surface area contributed by atoms with Gasteiger partial charge in [-0.05, 0) is 86.6 Å². The molecule has 0 N–H and O–H groups in total. The number of para-hydroxylation sites is 1. The van der Waals surface area contributed by atoms with Crippen molar-refractivity contribution in [3.05, 3.63) is 194 Å². The third kappa shape index (κ3) is 4.50. The standard InChI is InChI=1S/C48H32N2/c1-3-13-33(14-4-1)35-23-27-39(28-24-35)49(40-29-25-34-15-7-8-17-37(34)31-40)45-32-46-48(43-22-12-11-21-42(43)45)47-41-20-10-9-16-36(41)26-30-44(47)50(46)38-18-5-2-6-19-38/h1-32H. The molecule has 1 aromatic heterocycles. The topological polar surface area (TPSA) is 8.17 Å². The number of nitrogens with zero attached hydrogens (tertiary/aromatic N) is 2. The Balaban J connectivity index is 1.32. The number of fused-ring (bicyclic) bond motifs is 8. The molecular formula is C48H32N2. The quantitative estimate of drug-likeness (QED) is 0.182. The molecule has 0 radical (unpaired) electrons. The summed E-state index contributed by atoms with van der Waals surface area (Å²) in [7, 11) is 0. The Morgan fingerprint density at radius 2 is 0.900 bits per heavy atom. The molecule has 2 nitrogen and oxygen atoms in total. The van der Waals surface area contributed by atoms with Crippen LogP contribution in [0, 0.1) is 0 Å². The monoisotopic (exact) mass is 636 g/mol. The number of anilines is 3. The van der Waals surface area contributed by atoms with Gasteiger partial charge in [0, 0.05) is 33.2 Å². The molecule has 234 valence electrons. The van der Waals surface area contributed by atoms with Gasteiger partial charge in [-0.15, -0.1) is 0 Å². The van der Waals surface area contributed by atoms with E-state index < -0.39 is 0 Å². The molecule has 0 bridgehead atoms. The Kier molecular flexibility index (Phi) is 6.53. The molecule has 0 atom stereocenters. The van der Waals surface area contributed by atoms with Gasteiger partial charge in [0.1, 0.15) is 0 Å². The SMILES string of the molecule is c1ccc(-c2ccc(N(c3ccc4ccccc4c3)c3cc4c(c5ccccc35)c3c5ccccc5ccc3n4-c3ccccc3)cc2)cc1. The van der Waals surface area contributed by atoms with E-state index in [2.05, 4.69) is 204 Å². The van der Waals surface area contributed by atoms with Crippen LogP contribution in [0.4, 0.5) is 17.1 Å². The minimum atomic E-state index is 1.11. The molecule has 0 saturated carbocycles. The van der Waals surface area contributed by atoms with Crippen molar-refractivity contribution in [1.29, 1.82) is 0 Å². The summed E-state index contributed by atoms with van der Waals surface area (Å²) in [5, 5.41) is 9.97. The van der Waals surface area contributed by atoms with E-state index in [9.17, 15) is 0 Å². The zero-order valence-electron chi connectivity index (χ0n) is 27.4. The molecule has 2 heteroatoms. The molecule has 0 amide bonds. The molecule has 9 aromatic carbocycles. The van der Waals surface area contributed by atoms with Crippen LogP contribution >= 0.6 is 0 Å². The summed E-state index contributed by atoms with van der Waals surface area (Å²) >= 11 is 0. The summed E-state index contributed by atoms with van der Waals surface area (Å²) < 4.78 is 2.45. The largest absolute Gasteiger partial charge is 0.310 e. The Hall–Kier alpha value is -6.64. The molecule has 1 heterocycles. The Bertz CT molecular complexity index is 2850. The summed E-state index contributed by atoms with van der Waals surface area (Å²) in [6, 6.07) is 70.5. The van der Waals surface area contributed by atoms with Gasteiger partial charge in [0.2, 0.25) is 0 Å². The molecule has 0 saturated heterocycles. The Labute approximate surface area is 290 Å². The predicted octanol–water partition coefficient (Wildman–Crippen LogP) is 13.4. The van der Waals surface area contributed by atoms with Gasteiger partial charge >= 0.3 is 0 Å². The van der Waals surface area contributed by atoms with Gasteiger partial charge < -0.3 is 9.47 Å². The lowest BCUT2D eigenvalue weighted by Crippen LogP contribution is -2.11. The van der Waals surface area contributed by atoms with Crippen LogP contribution < -0.4 is 4.90 Å². The van der Waals surface area contributed by atoms with E-state index in [1.54, 1.807) is 0 Å². The first kappa shape index (κ1) is 28.4. The molecule has 0 aliphatic heterocycles. The van der Waals surface area contributed by atoms with Crippen LogP contribution in [-0.2, 0) is 0 Å². The first-order valence-corrected chi connectivity index (χ1v) is 17.2. The highest BCUT2D eigenvalue weighted by Gasteiger charge is 2.23. The van der Waals surface area contributed by atoms with Gasteiger partial charge in [0.25, 0.3) is 0 Å². The van der Waals surface area contributed by atoms with Crippen LogP contribution in [0.15, 0.2) is 194 Å². The highest BCUT2D eigenvalue weighted by Crippen LogP contribution is 2.47. The third-order valence-corrected chi connectivity index (χ3v) is 10.1. The lowest BCUT2D eigenvalue weighted by atomic mass is 9.97. The van der Waals surface area contributed by atoms with Crippen molar-refractivity contribution in [2.75, 3.05) is 4.90 Å². The van der Waals surface area contributed by atoms with Crippen molar-refractivity contribution in [3.8, 4) is 16.8 Å². The fourth-order valence-corrected chi connectivity index (χ4v) is 7.84. The molecule has 0 fully saturated rings. The second-order valence-corrected chi connectivity index (χ2v) is 13.0. The summed E-state index contributed by atoms with van der Waals surface area (Å²) in [4.78, 5) is 2.44. The van der Waals surface area contributed by atoms with E-state index >= 15 is 0 Å². The van der Waals surface area contributed by atoms with Gasteiger partial charge in [0.15, 0.2) is 0 Å². The number of rotatable bonds is 5. The Morgan fingerprint density at radius 1 is 0.340 bits per heavy atom. The molecule has 0 unspecified atom stereocenters. The first-order valence-electron chi connectivity index (χ1n) is 17.2. The van der Waals surface area contributed by atoms with Crippen LogP contribution in [0.1, 0.15) is 0 Å². The maximum absolute atomic E-state index is 2.45. The summed E-state index contributed by atoms with van der Waals surface area (Å²) in [6.07, 6.45) is 0. The van der Waals surface area contributed by atoms with Crippen molar-refractivity contribution in [2.24, 2.45) is 0 Å².